The van der Waals surface area contributed by atoms with Gasteiger partial charge in [-0.05, 0) is 51.3 Å². The van der Waals surface area contributed by atoms with Crippen LogP contribution in [0.5, 0.6) is 5.75 Å². The number of nitrogens with one attached hydrogen (secondary N) is 1. The average Bonchev–Trinajstić information content (AvgIpc) is 3.41. The third-order valence-electron chi connectivity index (χ3n) is 5.49. The molecule has 158 valence electrons. The second kappa shape index (κ2) is 7.69. The molecule has 0 saturated heterocycles. The summed E-state index contributed by atoms with van der Waals surface area (Å²) >= 11 is 2.83. The molecular formula is C23H22N4O2S2. The minimum absolute atomic E-state index is 0.162. The fourth-order valence-corrected chi connectivity index (χ4v) is 5.57. The van der Waals surface area contributed by atoms with E-state index in [9.17, 15) is 4.79 Å². The molecule has 6 nitrogen and oxygen atoms in total. The number of anilines is 1. The molecule has 0 unspecified atom stereocenters. The number of amides is 1. The SMILES string of the molecule is COc1ccc(C)cc1-c1csc(NC(=O)c2sc3nc(C4CC4)nc(C)c3c2C)n1. The van der Waals surface area contributed by atoms with Crippen molar-refractivity contribution in [3.8, 4) is 17.0 Å². The molecule has 31 heavy (non-hydrogen) atoms. The fraction of sp³-hybridized carbons (Fsp3) is 0.304. The zero-order valence-corrected chi connectivity index (χ0v) is 19.4. The number of aryl methyl sites for hydroxylation is 3. The summed E-state index contributed by atoms with van der Waals surface area (Å²) in [6.07, 6.45) is 2.31. The summed E-state index contributed by atoms with van der Waals surface area (Å²) in [5.41, 5.74) is 4.69. The first-order valence-electron chi connectivity index (χ1n) is 10.1. The lowest BCUT2D eigenvalue weighted by Crippen LogP contribution is -2.11. The van der Waals surface area contributed by atoms with E-state index in [0.717, 1.165) is 62.7 Å². The molecule has 1 aliphatic rings. The van der Waals surface area contributed by atoms with Crippen molar-refractivity contribution >= 4 is 43.9 Å². The smallest absolute Gasteiger partial charge is 0.267 e. The monoisotopic (exact) mass is 450 g/mol. The summed E-state index contributed by atoms with van der Waals surface area (Å²) in [7, 11) is 1.65. The lowest BCUT2D eigenvalue weighted by atomic mass is 10.1. The second-order valence-corrected chi connectivity index (χ2v) is 9.73. The summed E-state index contributed by atoms with van der Waals surface area (Å²) in [6, 6.07) is 5.97. The van der Waals surface area contributed by atoms with Gasteiger partial charge in [0.25, 0.3) is 5.91 Å². The van der Waals surface area contributed by atoms with Crippen LogP contribution >= 0.6 is 22.7 Å². The van der Waals surface area contributed by atoms with E-state index < -0.39 is 0 Å². The van der Waals surface area contributed by atoms with E-state index >= 15 is 0 Å². The second-order valence-electron chi connectivity index (χ2n) is 7.87. The van der Waals surface area contributed by atoms with E-state index in [4.69, 9.17) is 9.72 Å². The number of benzene rings is 1. The van der Waals surface area contributed by atoms with Crippen LogP contribution < -0.4 is 10.1 Å². The van der Waals surface area contributed by atoms with Gasteiger partial charge in [0.2, 0.25) is 0 Å². The van der Waals surface area contributed by atoms with Crippen LogP contribution in [0.4, 0.5) is 5.13 Å². The summed E-state index contributed by atoms with van der Waals surface area (Å²) in [4.78, 5) is 28.7. The van der Waals surface area contributed by atoms with Gasteiger partial charge >= 0.3 is 0 Å². The van der Waals surface area contributed by atoms with Crippen molar-refractivity contribution < 1.29 is 9.53 Å². The molecule has 0 bridgehead atoms. The molecule has 1 N–H and O–H groups in total. The van der Waals surface area contributed by atoms with E-state index in [1.165, 1.54) is 22.7 Å². The number of hydrogen-bond donors (Lipinski definition) is 1. The first-order chi connectivity index (χ1) is 14.9. The van der Waals surface area contributed by atoms with Gasteiger partial charge in [-0.3, -0.25) is 10.1 Å². The molecule has 0 spiro atoms. The maximum atomic E-state index is 13.1. The average molecular weight is 451 g/mol. The minimum atomic E-state index is -0.162. The van der Waals surface area contributed by atoms with Crippen LogP contribution in [0.15, 0.2) is 23.6 Å². The van der Waals surface area contributed by atoms with Gasteiger partial charge in [0.1, 0.15) is 16.4 Å². The molecule has 1 fully saturated rings. The van der Waals surface area contributed by atoms with E-state index in [0.29, 0.717) is 15.9 Å². The van der Waals surface area contributed by atoms with Crippen LogP contribution in [0.3, 0.4) is 0 Å². The lowest BCUT2D eigenvalue weighted by molar-refractivity contribution is 0.103. The van der Waals surface area contributed by atoms with Crippen molar-refractivity contribution in [1.29, 1.82) is 0 Å². The highest BCUT2D eigenvalue weighted by Gasteiger charge is 2.28. The molecule has 3 aromatic heterocycles. The predicted molar refractivity (Wildman–Crippen MR) is 126 cm³/mol. The number of methoxy groups -OCH3 is 1. The van der Waals surface area contributed by atoms with Crippen molar-refractivity contribution in [3.63, 3.8) is 0 Å². The van der Waals surface area contributed by atoms with Gasteiger partial charge in [0.15, 0.2) is 5.13 Å². The number of rotatable bonds is 5. The van der Waals surface area contributed by atoms with Crippen LogP contribution in [0.2, 0.25) is 0 Å². The number of ether oxygens (including phenoxy) is 1. The Morgan fingerprint density at radius 3 is 2.71 bits per heavy atom. The highest BCUT2D eigenvalue weighted by Crippen LogP contribution is 2.40. The minimum Gasteiger partial charge on any atom is -0.496 e. The molecule has 8 heteroatoms. The van der Waals surface area contributed by atoms with Crippen molar-refractivity contribution in [1.82, 2.24) is 15.0 Å². The van der Waals surface area contributed by atoms with Gasteiger partial charge in [-0.15, -0.1) is 22.7 Å². The lowest BCUT2D eigenvalue weighted by Gasteiger charge is -2.07. The third-order valence-corrected chi connectivity index (χ3v) is 7.43. The zero-order valence-electron chi connectivity index (χ0n) is 17.8. The molecule has 3 heterocycles. The molecule has 1 aliphatic carbocycles. The largest absolute Gasteiger partial charge is 0.496 e. The van der Waals surface area contributed by atoms with Crippen molar-refractivity contribution in [2.45, 2.75) is 39.5 Å². The topological polar surface area (TPSA) is 77.0 Å². The highest BCUT2D eigenvalue weighted by molar-refractivity contribution is 7.21. The van der Waals surface area contributed by atoms with E-state index in [1.807, 2.05) is 44.4 Å². The molecule has 0 atom stereocenters. The first kappa shape index (κ1) is 20.1. The van der Waals surface area contributed by atoms with Gasteiger partial charge in [0.05, 0.1) is 23.4 Å². The van der Waals surface area contributed by atoms with E-state index in [2.05, 4.69) is 15.3 Å². The number of fused-ring (bicyclic) bond motifs is 1. The predicted octanol–water partition coefficient (Wildman–Crippen LogP) is 5.88. The number of carbonyl (C=O) groups excluding carboxylic acids is 1. The van der Waals surface area contributed by atoms with Gasteiger partial charge in [-0.2, -0.15) is 0 Å². The summed E-state index contributed by atoms with van der Waals surface area (Å²) in [6.45, 7) is 5.99. The number of carbonyl (C=O) groups is 1. The Morgan fingerprint density at radius 1 is 1.16 bits per heavy atom. The maximum Gasteiger partial charge on any atom is 0.267 e. The quantitative estimate of drug-likeness (QED) is 0.411. The number of nitrogens with zero attached hydrogens (tertiary/aromatic N) is 3. The molecule has 0 radical (unpaired) electrons. The fourth-order valence-electron chi connectivity index (χ4n) is 3.73. The van der Waals surface area contributed by atoms with Gasteiger partial charge in [-0.1, -0.05) is 11.6 Å². The number of aromatic nitrogens is 3. The Hall–Kier alpha value is -2.84. The molecule has 1 amide bonds. The summed E-state index contributed by atoms with van der Waals surface area (Å²) < 4.78 is 5.47. The normalized spacial score (nSPS) is 13.5. The van der Waals surface area contributed by atoms with Crippen molar-refractivity contribution in [2.75, 3.05) is 12.4 Å². The Balaban J connectivity index is 1.44. The van der Waals surface area contributed by atoms with Crippen LogP contribution in [-0.4, -0.2) is 28.0 Å². The maximum absolute atomic E-state index is 13.1. The number of thiophene rings is 1. The molecule has 0 aliphatic heterocycles. The van der Waals surface area contributed by atoms with Crippen LogP contribution in [-0.2, 0) is 0 Å². The standard InChI is InChI=1S/C23H22N4O2S2/c1-11-5-8-17(29-4)15(9-11)16-10-30-23(25-16)27-21(28)19-12(2)18-13(3)24-20(14-6-7-14)26-22(18)31-19/h5,8-10,14H,6-7H2,1-4H3,(H,25,27,28). The number of hydrogen-bond acceptors (Lipinski definition) is 7. The molecule has 4 aromatic rings. The Morgan fingerprint density at radius 2 is 1.97 bits per heavy atom. The molecule has 5 rings (SSSR count). The molecular weight excluding hydrogens is 428 g/mol. The summed E-state index contributed by atoms with van der Waals surface area (Å²) in [5, 5.41) is 6.44. The van der Waals surface area contributed by atoms with Crippen LogP contribution in [0, 0.1) is 20.8 Å². The molecule has 1 aromatic carbocycles. The Bertz CT molecular complexity index is 1320. The highest BCUT2D eigenvalue weighted by atomic mass is 32.1. The third kappa shape index (κ3) is 3.70. The van der Waals surface area contributed by atoms with Gasteiger partial charge in [0, 0.05) is 22.2 Å². The molecule has 1 saturated carbocycles. The summed E-state index contributed by atoms with van der Waals surface area (Å²) in [5.74, 6) is 1.99. The van der Waals surface area contributed by atoms with Crippen LogP contribution in [0.25, 0.3) is 21.5 Å². The van der Waals surface area contributed by atoms with E-state index in [-0.39, 0.29) is 5.91 Å². The number of thiazole rings is 1. The zero-order chi connectivity index (χ0) is 21.7. The first-order valence-corrected chi connectivity index (χ1v) is 11.8. The Kier molecular flexibility index (Phi) is 4.98. The van der Waals surface area contributed by atoms with Crippen molar-refractivity contribution in [3.05, 3.63) is 51.1 Å². The van der Waals surface area contributed by atoms with E-state index in [1.54, 1.807) is 7.11 Å². The Labute approximate surface area is 188 Å². The van der Waals surface area contributed by atoms with Crippen LogP contribution in [0.1, 0.15) is 51.1 Å². The van der Waals surface area contributed by atoms with Gasteiger partial charge < -0.3 is 4.74 Å². The van der Waals surface area contributed by atoms with Crippen molar-refractivity contribution in [2.24, 2.45) is 0 Å². The van der Waals surface area contributed by atoms with Gasteiger partial charge in [-0.25, -0.2) is 15.0 Å².